The lowest BCUT2D eigenvalue weighted by Crippen LogP contribution is -2.03. The molecule has 0 amide bonds. The van der Waals surface area contributed by atoms with Crippen LogP contribution >= 0.6 is 0 Å². The van der Waals surface area contributed by atoms with E-state index in [4.69, 9.17) is 4.42 Å². The minimum absolute atomic E-state index is 0.0912. The van der Waals surface area contributed by atoms with E-state index < -0.39 is 9.84 Å². The van der Waals surface area contributed by atoms with Gasteiger partial charge in [-0.1, -0.05) is 36.4 Å². The average molecular weight is 352 g/mol. The van der Waals surface area contributed by atoms with E-state index in [1.54, 1.807) is 73.0 Å². The van der Waals surface area contributed by atoms with Gasteiger partial charge in [0.2, 0.25) is 9.84 Å². The Bertz CT molecular complexity index is 968. The highest BCUT2D eigenvalue weighted by molar-refractivity contribution is 7.91. The smallest absolute Gasteiger partial charge is 0.206 e. The molecule has 0 saturated heterocycles. The zero-order valence-electron chi connectivity index (χ0n) is 13.3. The van der Waals surface area contributed by atoms with Gasteiger partial charge in [0.1, 0.15) is 5.76 Å². The minimum Gasteiger partial charge on any atom is -0.465 e. The van der Waals surface area contributed by atoms with Crippen molar-refractivity contribution in [1.82, 2.24) is 0 Å². The van der Waals surface area contributed by atoms with E-state index in [0.717, 1.165) is 0 Å². The van der Waals surface area contributed by atoms with Gasteiger partial charge in [0.25, 0.3) is 0 Å². The summed E-state index contributed by atoms with van der Waals surface area (Å²) in [5.41, 5.74) is 0.469. The Morgan fingerprint density at radius 2 is 1.56 bits per heavy atom. The second-order valence-electron chi connectivity index (χ2n) is 5.39. The van der Waals surface area contributed by atoms with Crippen LogP contribution in [0.15, 0.2) is 93.3 Å². The van der Waals surface area contributed by atoms with Gasteiger partial charge in [0.15, 0.2) is 5.78 Å². The number of rotatable bonds is 6. The molecule has 5 heteroatoms. The molecule has 0 fully saturated rings. The van der Waals surface area contributed by atoms with Gasteiger partial charge in [0.05, 0.1) is 16.1 Å². The van der Waals surface area contributed by atoms with Crippen LogP contribution in [0.4, 0.5) is 0 Å². The molecule has 2 aromatic carbocycles. The fourth-order valence-corrected chi connectivity index (χ4v) is 3.62. The number of carbonyl (C=O) groups is 1. The Labute approximate surface area is 146 Å². The zero-order chi connectivity index (χ0) is 17.7. The Balaban J connectivity index is 1.73. The second-order valence-corrected chi connectivity index (χ2v) is 7.34. The van der Waals surface area contributed by atoms with Crippen LogP contribution in [-0.4, -0.2) is 14.2 Å². The summed E-state index contributed by atoms with van der Waals surface area (Å²) in [6.07, 6.45) is 5.22. The Morgan fingerprint density at radius 3 is 2.20 bits per heavy atom. The van der Waals surface area contributed by atoms with Crippen molar-refractivity contribution in [3.05, 3.63) is 90.4 Å². The quantitative estimate of drug-likeness (QED) is 0.617. The molecule has 25 heavy (non-hydrogen) atoms. The maximum absolute atomic E-state index is 12.5. The van der Waals surface area contributed by atoms with Gasteiger partial charge >= 0.3 is 0 Å². The topological polar surface area (TPSA) is 64.3 Å². The van der Waals surface area contributed by atoms with E-state index in [9.17, 15) is 13.2 Å². The molecule has 1 heterocycles. The van der Waals surface area contributed by atoms with Crippen LogP contribution < -0.4 is 0 Å². The van der Waals surface area contributed by atoms with E-state index in [1.165, 1.54) is 12.1 Å². The van der Waals surface area contributed by atoms with Crippen molar-refractivity contribution in [2.75, 3.05) is 0 Å². The number of Topliss-reactive ketones (excluding diaryl/α,β-unsaturated/α-hetero) is 1. The highest BCUT2D eigenvalue weighted by Crippen LogP contribution is 2.21. The van der Waals surface area contributed by atoms with Crippen LogP contribution in [0, 0.1) is 0 Å². The predicted molar refractivity (Wildman–Crippen MR) is 95.0 cm³/mol. The number of ketones is 1. The highest BCUT2D eigenvalue weighted by atomic mass is 32.2. The summed E-state index contributed by atoms with van der Waals surface area (Å²) in [6, 6.07) is 17.8. The molecule has 0 saturated carbocycles. The third-order valence-corrected chi connectivity index (χ3v) is 5.45. The van der Waals surface area contributed by atoms with Crippen molar-refractivity contribution in [1.29, 1.82) is 0 Å². The molecule has 0 bridgehead atoms. The molecule has 3 aromatic rings. The van der Waals surface area contributed by atoms with Crippen molar-refractivity contribution in [2.24, 2.45) is 0 Å². The van der Waals surface area contributed by atoms with Crippen LogP contribution in [0.3, 0.4) is 0 Å². The second kappa shape index (κ2) is 7.32. The lowest BCUT2D eigenvalue weighted by Gasteiger charge is -2.05. The molecule has 0 aliphatic carbocycles. The summed E-state index contributed by atoms with van der Waals surface area (Å²) < 4.78 is 30.2. The lowest BCUT2D eigenvalue weighted by atomic mass is 10.1. The average Bonchev–Trinajstić information content (AvgIpc) is 3.16. The number of benzene rings is 2. The molecule has 0 aliphatic heterocycles. The Morgan fingerprint density at radius 1 is 0.880 bits per heavy atom. The van der Waals surface area contributed by atoms with Gasteiger partial charge in [-0.2, -0.15) is 0 Å². The Hall–Kier alpha value is -2.92. The minimum atomic E-state index is -3.57. The maximum atomic E-state index is 12.5. The SMILES string of the molecule is O=C(CC=Cc1ccco1)c1ccc(S(=O)(=O)c2ccccc2)cc1. The summed E-state index contributed by atoms with van der Waals surface area (Å²) in [4.78, 5) is 12.6. The summed E-state index contributed by atoms with van der Waals surface area (Å²) in [6.45, 7) is 0. The maximum Gasteiger partial charge on any atom is 0.206 e. The standard InChI is InChI=1S/C20H16O4S/c21-20(10-4-6-17-7-5-15-24-17)16-11-13-19(14-12-16)25(22,23)18-8-2-1-3-9-18/h1-9,11-15H,10H2. The molecule has 0 atom stereocenters. The van der Waals surface area contributed by atoms with Crippen LogP contribution in [0.5, 0.6) is 0 Å². The summed E-state index contributed by atoms with van der Waals surface area (Å²) in [5, 5.41) is 0. The third kappa shape index (κ3) is 3.95. The van der Waals surface area contributed by atoms with Crippen molar-refractivity contribution < 1.29 is 17.6 Å². The van der Waals surface area contributed by atoms with Gasteiger partial charge in [-0.05, 0) is 42.5 Å². The molecule has 4 nitrogen and oxygen atoms in total. The summed E-state index contributed by atoms with van der Waals surface area (Å²) in [5.74, 6) is 0.587. The Kier molecular flexibility index (Phi) is 4.95. The molecular weight excluding hydrogens is 336 g/mol. The van der Waals surface area contributed by atoms with Crippen LogP contribution in [-0.2, 0) is 9.84 Å². The molecule has 0 spiro atoms. The number of furan rings is 1. The van der Waals surface area contributed by atoms with Gasteiger partial charge in [-0.25, -0.2) is 8.42 Å². The number of sulfone groups is 1. The fraction of sp³-hybridized carbons (Fsp3) is 0.0500. The fourth-order valence-electron chi connectivity index (χ4n) is 2.34. The number of hydrogen-bond acceptors (Lipinski definition) is 4. The highest BCUT2D eigenvalue weighted by Gasteiger charge is 2.17. The van der Waals surface area contributed by atoms with Crippen molar-refractivity contribution in [2.45, 2.75) is 16.2 Å². The summed E-state index contributed by atoms with van der Waals surface area (Å²) >= 11 is 0. The third-order valence-electron chi connectivity index (χ3n) is 3.67. The van der Waals surface area contributed by atoms with Crippen molar-refractivity contribution in [3.8, 4) is 0 Å². The van der Waals surface area contributed by atoms with Crippen molar-refractivity contribution in [3.63, 3.8) is 0 Å². The molecule has 3 rings (SSSR count). The molecule has 0 N–H and O–H groups in total. The first kappa shape index (κ1) is 16.9. The van der Waals surface area contributed by atoms with Gasteiger partial charge in [-0.15, -0.1) is 0 Å². The number of hydrogen-bond donors (Lipinski definition) is 0. The number of allylic oxidation sites excluding steroid dienone is 1. The first-order valence-corrected chi connectivity index (χ1v) is 9.19. The molecule has 0 unspecified atom stereocenters. The van der Waals surface area contributed by atoms with Crippen LogP contribution in [0.25, 0.3) is 6.08 Å². The molecule has 0 radical (unpaired) electrons. The largest absolute Gasteiger partial charge is 0.465 e. The van der Waals surface area contributed by atoms with Gasteiger partial charge in [0, 0.05) is 12.0 Å². The number of carbonyl (C=O) groups excluding carboxylic acids is 1. The molecule has 126 valence electrons. The molecular formula is C20H16O4S. The van der Waals surface area contributed by atoms with Gasteiger partial charge < -0.3 is 4.42 Å². The van der Waals surface area contributed by atoms with E-state index in [1.807, 2.05) is 0 Å². The monoisotopic (exact) mass is 352 g/mol. The summed E-state index contributed by atoms with van der Waals surface area (Å²) in [7, 11) is -3.57. The van der Waals surface area contributed by atoms with Crippen molar-refractivity contribution >= 4 is 21.7 Å². The van der Waals surface area contributed by atoms with Crippen LogP contribution in [0.1, 0.15) is 22.5 Å². The molecule has 0 aliphatic rings. The van der Waals surface area contributed by atoms with E-state index in [0.29, 0.717) is 11.3 Å². The first-order valence-electron chi connectivity index (χ1n) is 7.71. The predicted octanol–water partition coefficient (Wildman–Crippen LogP) is 4.40. The van der Waals surface area contributed by atoms with E-state index in [2.05, 4.69) is 0 Å². The van der Waals surface area contributed by atoms with Crippen LogP contribution in [0.2, 0.25) is 0 Å². The molecule has 1 aromatic heterocycles. The van der Waals surface area contributed by atoms with E-state index in [-0.39, 0.29) is 22.0 Å². The van der Waals surface area contributed by atoms with Gasteiger partial charge in [-0.3, -0.25) is 4.79 Å². The first-order chi connectivity index (χ1) is 12.1. The normalized spacial score (nSPS) is 11.7. The van der Waals surface area contributed by atoms with E-state index >= 15 is 0 Å². The lowest BCUT2D eigenvalue weighted by molar-refractivity contribution is 0.0996. The zero-order valence-corrected chi connectivity index (χ0v) is 14.1.